The minimum atomic E-state index is -3.53. The summed E-state index contributed by atoms with van der Waals surface area (Å²) in [6.45, 7) is 1.03. The number of nitrogen functional groups attached to an aromatic ring is 1. The number of anilines is 1. The van der Waals surface area contributed by atoms with Crippen molar-refractivity contribution in [2.45, 2.75) is 25.0 Å². The SMILES string of the molecule is CN(C)S(=O)(=O)N1CC[C@@H](Oc2cc(F)cc([N+](=O)[O-])c2)C1.CN(C)S(=O)(=O)N1CC[C@@H](Oc2cc(N)cc(F)c2)C1. The van der Waals surface area contributed by atoms with Crippen LogP contribution >= 0.6 is 0 Å². The van der Waals surface area contributed by atoms with Gasteiger partial charge in [-0.3, -0.25) is 10.1 Å². The van der Waals surface area contributed by atoms with Crippen molar-refractivity contribution in [1.82, 2.24) is 17.2 Å². The second-order valence-electron chi connectivity index (χ2n) is 9.98. The molecule has 14 nitrogen and oxygen atoms in total. The van der Waals surface area contributed by atoms with E-state index in [9.17, 15) is 35.7 Å². The van der Waals surface area contributed by atoms with E-state index in [2.05, 4.69) is 0 Å². The van der Waals surface area contributed by atoms with Crippen molar-refractivity contribution >= 4 is 31.8 Å². The number of rotatable bonds is 9. The average molecular weight is 637 g/mol. The minimum Gasteiger partial charge on any atom is -0.489 e. The van der Waals surface area contributed by atoms with E-state index in [0.29, 0.717) is 25.1 Å². The third-order valence-corrected chi connectivity index (χ3v) is 10.2. The van der Waals surface area contributed by atoms with E-state index in [1.807, 2.05) is 0 Å². The summed E-state index contributed by atoms with van der Waals surface area (Å²) >= 11 is 0. The third-order valence-electron chi connectivity index (χ3n) is 6.36. The third kappa shape index (κ3) is 8.45. The molecule has 18 heteroatoms. The van der Waals surface area contributed by atoms with Gasteiger partial charge in [0.05, 0.1) is 30.1 Å². The highest BCUT2D eigenvalue weighted by Crippen LogP contribution is 2.26. The lowest BCUT2D eigenvalue weighted by Gasteiger charge is -2.21. The number of nitro benzene ring substituents is 1. The zero-order chi connectivity index (χ0) is 31.4. The molecule has 0 aliphatic carbocycles. The Labute approximate surface area is 243 Å². The summed E-state index contributed by atoms with van der Waals surface area (Å²) in [5.41, 5.74) is 5.40. The van der Waals surface area contributed by atoms with E-state index < -0.39 is 48.8 Å². The highest BCUT2D eigenvalue weighted by Gasteiger charge is 2.35. The van der Waals surface area contributed by atoms with Crippen LogP contribution in [0.4, 0.5) is 20.2 Å². The lowest BCUT2D eigenvalue weighted by Crippen LogP contribution is -2.39. The molecule has 2 fully saturated rings. The van der Waals surface area contributed by atoms with Crippen molar-refractivity contribution in [2.75, 3.05) is 60.1 Å². The summed E-state index contributed by atoms with van der Waals surface area (Å²) in [4.78, 5) is 9.98. The fourth-order valence-electron chi connectivity index (χ4n) is 4.23. The summed E-state index contributed by atoms with van der Waals surface area (Å²) in [6, 6.07) is 6.91. The first-order valence-corrected chi connectivity index (χ1v) is 15.5. The van der Waals surface area contributed by atoms with Crippen LogP contribution < -0.4 is 15.2 Å². The van der Waals surface area contributed by atoms with Gasteiger partial charge in [0.1, 0.15) is 35.3 Å². The molecule has 0 spiro atoms. The van der Waals surface area contributed by atoms with Crippen LogP contribution in [0.1, 0.15) is 12.8 Å². The van der Waals surface area contributed by atoms with Crippen LogP contribution in [-0.4, -0.2) is 106 Å². The quantitative estimate of drug-likeness (QED) is 0.244. The fraction of sp³-hybridized carbons (Fsp3) is 0.500. The zero-order valence-corrected chi connectivity index (χ0v) is 25.1. The Morgan fingerprint density at radius 3 is 1.64 bits per heavy atom. The van der Waals surface area contributed by atoms with Gasteiger partial charge >= 0.3 is 0 Å². The van der Waals surface area contributed by atoms with Crippen molar-refractivity contribution in [2.24, 2.45) is 0 Å². The van der Waals surface area contributed by atoms with Crippen LogP contribution in [0.5, 0.6) is 11.5 Å². The maximum atomic E-state index is 13.3. The molecule has 42 heavy (non-hydrogen) atoms. The highest BCUT2D eigenvalue weighted by molar-refractivity contribution is 7.87. The number of nitrogens with two attached hydrogens (primary N) is 1. The molecule has 0 radical (unpaired) electrons. The predicted molar refractivity (Wildman–Crippen MR) is 150 cm³/mol. The Morgan fingerprint density at radius 2 is 1.24 bits per heavy atom. The zero-order valence-electron chi connectivity index (χ0n) is 23.5. The van der Waals surface area contributed by atoms with Gasteiger partial charge in [0.25, 0.3) is 26.1 Å². The van der Waals surface area contributed by atoms with E-state index >= 15 is 0 Å². The number of halogens is 2. The molecule has 2 aromatic rings. The van der Waals surface area contributed by atoms with E-state index in [4.69, 9.17) is 15.2 Å². The molecule has 0 bridgehead atoms. The molecule has 2 aliphatic heterocycles. The molecule has 4 rings (SSSR count). The Bertz CT molecular complexity index is 1470. The lowest BCUT2D eigenvalue weighted by molar-refractivity contribution is -0.385. The molecule has 2 aliphatic rings. The summed E-state index contributed by atoms with van der Waals surface area (Å²) in [5, 5.41) is 10.7. The van der Waals surface area contributed by atoms with E-state index in [-0.39, 0.29) is 37.2 Å². The van der Waals surface area contributed by atoms with Crippen LogP contribution in [0.2, 0.25) is 0 Å². The van der Waals surface area contributed by atoms with Gasteiger partial charge in [0.2, 0.25) is 0 Å². The number of ether oxygens (including phenoxy) is 2. The number of benzene rings is 2. The molecular weight excluding hydrogens is 602 g/mol. The monoisotopic (exact) mass is 636 g/mol. The van der Waals surface area contributed by atoms with Crippen molar-refractivity contribution in [1.29, 1.82) is 0 Å². The second kappa shape index (κ2) is 13.4. The normalized spacial score (nSPS) is 20.0. The number of nitrogens with zero attached hydrogens (tertiary/aromatic N) is 5. The van der Waals surface area contributed by atoms with Crippen molar-refractivity contribution in [3.63, 3.8) is 0 Å². The standard InChI is InChI=1S/C12H16FN3O5S.C12H18FN3O3S/c1-14(2)22(19,20)15-4-3-11(8-15)21-12-6-9(13)5-10(7-12)16(17)18;1-15(2)20(17,18)16-4-3-11(8-16)19-12-6-9(13)5-10(14)7-12/h5-7,11H,3-4,8H2,1-2H3;5-7,11H,3-4,8,14H2,1-2H3/t2*11-/m11/s1. The van der Waals surface area contributed by atoms with E-state index in [1.165, 1.54) is 55.0 Å². The van der Waals surface area contributed by atoms with Gasteiger partial charge in [-0.15, -0.1) is 0 Å². The first-order chi connectivity index (χ1) is 19.5. The van der Waals surface area contributed by atoms with Crippen LogP contribution in [0.3, 0.4) is 0 Å². The van der Waals surface area contributed by atoms with Crippen LogP contribution in [0, 0.1) is 21.7 Å². The van der Waals surface area contributed by atoms with Crippen molar-refractivity contribution < 1.29 is 40.0 Å². The van der Waals surface area contributed by atoms with Crippen LogP contribution in [0.25, 0.3) is 0 Å². The molecule has 2 aromatic carbocycles. The maximum absolute atomic E-state index is 13.3. The molecule has 2 atom stereocenters. The molecule has 0 amide bonds. The fourth-order valence-corrected chi connectivity index (χ4v) is 6.53. The van der Waals surface area contributed by atoms with Gasteiger partial charge in [-0.25, -0.2) is 8.78 Å². The first kappa shape index (κ1) is 33.3. The molecule has 234 valence electrons. The number of nitro groups is 1. The smallest absolute Gasteiger partial charge is 0.281 e. The second-order valence-corrected chi connectivity index (χ2v) is 14.3. The van der Waals surface area contributed by atoms with Gasteiger partial charge in [0, 0.05) is 65.2 Å². The van der Waals surface area contributed by atoms with Gasteiger partial charge in [-0.2, -0.15) is 34.1 Å². The Morgan fingerprint density at radius 1 is 0.810 bits per heavy atom. The average Bonchev–Trinajstić information content (AvgIpc) is 3.54. The number of hydrogen-bond donors (Lipinski definition) is 1. The molecule has 2 heterocycles. The van der Waals surface area contributed by atoms with Gasteiger partial charge in [-0.1, -0.05) is 0 Å². The number of hydrogen-bond acceptors (Lipinski definition) is 9. The topological polar surface area (TPSA) is 169 Å². The number of non-ortho nitro benzene ring substituents is 1. The summed E-state index contributed by atoms with van der Waals surface area (Å²) in [7, 11) is -1.13. The molecule has 0 unspecified atom stereocenters. The lowest BCUT2D eigenvalue weighted by atomic mass is 10.2. The summed E-state index contributed by atoms with van der Waals surface area (Å²) in [6.07, 6.45) is 0.211. The predicted octanol–water partition coefficient (Wildman–Crippen LogP) is 1.66. The van der Waals surface area contributed by atoms with Gasteiger partial charge in [-0.05, 0) is 18.9 Å². The van der Waals surface area contributed by atoms with Crippen molar-refractivity contribution in [3.05, 3.63) is 58.1 Å². The molecular formula is C24H34F2N6O8S2. The molecule has 0 saturated carbocycles. The summed E-state index contributed by atoms with van der Waals surface area (Å²) < 4.78 is 90.3. The maximum Gasteiger partial charge on any atom is 0.281 e. The Balaban J connectivity index is 0.000000231. The summed E-state index contributed by atoms with van der Waals surface area (Å²) in [5.74, 6) is -0.923. The Kier molecular flexibility index (Phi) is 10.7. The van der Waals surface area contributed by atoms with E-state index in [1.54, 1.807) is 0 Å². The highest BCUT2D eigenvalue weighted by atomic mass is 32.2. The Hall–Kier alpha value is -3.16. The van der Waals surface area contributed by atoms with Gasteiger partial charge < -0.3 is 15.2 Å². The first-order valence-electron chi connectivity index (χ1n) is 12.7. The minimum absolute atomic E-state index is 0.0146. The molecule has 2 N–H and O–H groups in total. The van der Waals surface area contributed by atoms with Crippen molar-refractivity contribution in [3.8, 4) is 11.5 Å². The molecule has 0 aromatic heterocycles. The van der Waals surface area contributed by atoms with Gasteiger partial charge in [0.15, 0.2) is 0 Å². The largest absolute Gasteiger partial charge is 0.489 e. The van der Waals surface area contributed by atoms with Crippen LogP contribution in [0.15, 0.2) is 36.4 Å². The van der Waals surface area contributed by atoms with Crippen LogP contribution in [-0.2, 0) is 20.4 Å². The molecule has 2 saturated heterocycles. The van der Waals surface area contributed by atoms with E-state index in [0.717, 1.165) is 26.8 Å².